The maximum Gasteiger partial charge on any atom is 0.303 e. The van der Waals surface area contributed by atoms with Crippen molar-refractivity contribution in [2.45, 2.75) is 38.6 Å². The number of benzene rings is 1. The molecule has 0 bridgehead atoms. The molecular formula is C14H21NO2. The van der Waals surface area contributed by atoms with Crippen molar-refractivity contribution in [2.24, 2.45) is 11.7 Å². The first-order chi connectivity index (χ1) is 7.94. The molecule has 0 saturated carbocycles. The molecule has 0 aliphatic rings. The quantitative estimate of drug-likeness (QED) is 0.797. The highest BCUT2D eigenvalue weighted by Gasteiger charge is 2.28. The second-order valence-electron chi connectivity index (χ2n) is 5.01. The van der Waals surface area contributed by atoms with Crippen LogP contribution in [0.5, 0.6) is 0 Å². The van der Waals surface area contributed by atoms with Gasteiger partial charge in [-0.15, -0.1) is 0 Å². The summed E-state index contributed by atoms with van der Waals surface area (Å²) in [6.45, 7) is 4.20. The fraction of sp³-hybridized carbons (Fsp3) is 0.500. The molecule has 3 N–H and O–H groups in total. The summed E-state index contributed by atoms with van der Waals surface area (Å²) in [5.41, 5.74) is 6.89. The topological polar surface area (TPSA) is 63.3 Å². The standard InChI is InChI=1S/C14H21NO2/c1-11(2)10-14(15,9-8-13(16)17)12-6-4-3-5-7-12/h3-7,11H,8-10,15H2,1-2H3,(H,16,17). The zero-order valence-electron chi connectivity index (χ0n) is 10.5. The summed E-state index contributed by atoms with van der Waals surface area (Å²) in [7, 11) is 0. The van der Waals surface area contributed by atoms with Crippen LogP contribution in [0.25, 0.3) is 0 Å². The summed E-state index contributed by atoms with van der Waals surface area (Å²) >= 11 is 0. The van der Waals surface area contributed by atoms with Crippen LogP contribution in [-0.2, 0) is 10.3 Å². The molecule has 0 aliphatic carbocycles. The Morgan fingerprint density at radius 2 is 1.94 bits per heavy atom. The van der Waals surface area contributed by atoms with E-state index in [2.05, 4.69) is 13.8 Å². The van der Waals surface area contributed by atoms with Crippen molar-refractivity contribution < 1.29 is 9.90 Å². The molecule has 1 aromatic rings. The third kappa shape index (κ3) is 4.19. The smallest absolute Gasteiger partial charge is 0.303 e. The van der Waals surface area contributed by atoms with Crippen LogP contribution in [0.1, 0.15) is 38.7 Å². The van der Waals surface area contributed by atoms with Gasteiger partial charge in [0, 0.05) is 12.0 Å². The Labute approximate surface area is 103 Å². The summed E-state index contributed by atoms with van der Waals surface area (Å²) in [5, 5.41) is 8.80. The highest BCUT2D eigenvalue weighted by Crippen LogP contribution is 2.30. The van der Waals surface area contributed by atoms with Crippen LogP contribution in [0.3, 0.4) is 0 Å². The van der Waals surface area contributed by atoms with E-state index in [0.29, 0.717) is 12.3 Å². The van der Waals surface area contributed by atoms with E-state index in [-0.39, 0.29) is 6.42 Å². The number of aliphatic carboxylic acids is 1. The minimum Gasteiger partial charge on any atom is -0.481 e. The third-order valence-corrected chi connectivity index (χ3v) is 2.91. The van der Waals surface area contributed by atoms with E-state index in [1.165, 1.54) is 0 Å². The monoisotopic (exact) mass is 235 g/mol. The molecule has 1 unspecified atom stereocenters. The summed E-state index contributed by atoms with van der Waals surface area (Å²) in [6.07, 6.45) is 1.38. The number of hydrogen-bond donors (Lipinski definition) is 2. The van der Waals surface area contributed by atoms with Crippen molar-refractivity contribution in [1.29, 1.82) is 0 Å². The molecule has 17 heavy (non-hydrogen) atoms. The molecule has 1 aromatic carbocycles. The Bertz CT molecular complexity index is 362. The average molecular weight is 235 g/mol. The van der Waals surface area contributed by atoms with E-state index in [0.717, 1.165) is 12.0 Å². The number of hydrogen-bond acceptors (Lipinski definition) is 2. The van der Waals surface area contributed by atoms with Gasteiger partial charge in [0.15, 0.2) is 0 Å². The molecule has 3 nitrogen and oxygen atoms in total. The van der Waals surface area contributed by atoms with Gasteiger partial charge in [-0.3, -0.25) is 4.79 Å². The minimum absolute atomic E-state index is 0.109. The van der Waals surface area contributed by atoms with Crippen molar-refractivity contribution in [3.05, 3.63) is 35.9 Å². The lowest BCUT2D eigenvalue weighted by Crippen LogP contribution is -2.38. The van der Waals surface area contributed by atoms with Gasteiger partial charge < -0.3 is 10.8 Å². The second kappa shape index (κ2) is 5.82. The van der Waals surface area contributed by atoms with Gasteiger partial charge in [0.25, 0.3) is 0 Å². The van der Waals surface area contributed by atoms with Gasteiger partial charge in [-0.2, -0.15) is 0 Å². The zero-order chi connectivity index (χ0) is 12.9. The molecule has 0 spiro atoms. The zero-order valence-corrected chi connectivity index (χ0v) is 10.5. The Morgan fingerprint density at radius 1 is 1.35 bits per heavy atom. The van der Waals surface area contributed by atoms with Gasteiger partial charge in [0.2, 0.25) is 0 Å². The van der Waals surface area contributed by atoms with Crippen LogP contribution in [0.4, 0.5) is 0 Å². The minimum atomic E-state index is -0.792. The molecule has 0 heterocycles. The predicted octanol–water partition coefficient (Wildman–Crippen LogP) is 2.75. The highest BCUT2D eigenvalue weighted by atomic mass is 16.4. The molecule has 0 fully saturated rings. The van der Waals surface area contributed by atoms with Gasteiger partial charge in [-0.05, 0) is 24.3 Å². The van der Waals surface area contributed by atoms with E-state index >= 15 is 0 Å². The largest absolute Gasteiger partial charge is 0.481 e. The van der Waals surface area contributed by atoms with E-state index in [9.17, 15) is 4.79 Å². The van der Waals surface area contributed by atoms with Crippen molar-refractivity contribution >= 4 is 5.97 Å². The SMILES string of the molecule is CC(C)CC(N)(CCC(=O)O)c1ccccc1. The van der Waals surface area contributed by atoms with Crippen LogP contribution in [-0.4, -0.2) is 11.1 Å². The Kier molecular flexibility index (Phi) is 4.70. The van der Waals surface area contributed by atoms with E-state index in [4.69, 9.17) is 10.8 Å². The fourth-order valence-electron chi connectivity index (χ4n) is 2.19. The van der Waals surface area contributed by atoms with Crippen molar-refractivity contribution in [1.82, 2.24) is 0 Å². The first-order valence-corrected chi connectivity index (χ1v) is 6.00. The molecule has 1 rings (SSSR count). The summed E-state index contributed by atoms with van der Waals surface area (Å²) in [4.78, 5) is 10.7. The van der Waals surface area contributed by atoms with Crippen molar-refractivity contribution in [2.75, 3.05) is 0 Å². The molecule has 0 radical (unpaired) electrons. The van der Waals surface area contributed by atoms with E-state index in [1.807, 2.05) is 30.3 Å². The molecule has 1 atom stereocenters. The van der Waals surface area contributed by atoms with E-state index < -0.39 is 11.5 Å². The number of rotatable bonds is 6. The fourth-order valence-corrected chi connectivity index (χ4v) is 2.19. The predicted molar refractivity (Wildman–Crippen MR) is 68.6 cm³/mol. The molecular weight excluding hydrogens is 214 g/mol. The first-order valence-electron chi connectivity index (χ1n) is 6.00. The maximum absolute atomic E-state index is 10.7. The van der Waals surface area contributed by atoms with Crippen LogP contribution >= 0.6 is 0 Å². The second-order valence-corrected chi connectivity index (χ2v) is 5.01. The number of carboxylic acid groups (broad SMARTS) is 1. The highest BCUT2D eigenvalue weighted by molar-refractivity contribution is 5.66. The summed E-state index contributed by atoms with van der Waals surface area (Å²) in [5.74, 6) is -0.353. The normalized spacial score (nSPS) is 14.6. The summed E-state index contributed by atoms with van der Waals surface area (Å²) in [6, 6.07) is 9.78. The lowest BCUT2D eigenvalue weighted by molar-refractivity contribution is -0.137. The van der Waals surface area contributed by atoms with Gasteiger partial charge in [0.05, 0.1) is 0 Å². The molecule has 0 aromatic heterocycles. The lowest BCUT2D eigenvalue weighted by atomic mass is 9.80. The van der Waals surface area contributed by atoms with Crippen LogP contribution in [0, 0.1) is 5.92 Å². The number of carbonyl (C=O) groups is 1. The average Bonchev–Trinajstić information content (AvgIpc) is 2.27. The van der Waals surface area contributed by atoms with Crippen LogP contribution < -0.4 is 5.73 Å². The molecule has 3 heteroatoms. The number of nitrogens with two attached hydrogens (primary N) is 1. The molecule has 0 amide bonds. The van der Waals surface area contributed by atoms with Crippen molar-refractivity contribution in [3.8, 4) is 0 Å². The third-order valence-electron chi connectivity index (χ3n) is 2.91. The lowest BCUT2D eigenvalue weighted by Gasteiger charge is -2.31. The summed E-state index contributed by atoms with van der Waals surface area (Å²) < 4.78 is 0. The Hall–Kier alpha value is -1.35. The Balaban J connectivity index is 2.89. The molecule has 0 aliphatic heterocycles. The van der Waals surface area contributed by atoms with Gasteiger partial charge in [0.1, 0.15) is 0 Å². The first kappa shape index (κ1) is 13.7. The van der Waals surface area contributed by atoms with Crippen LogP contribution in [0.15, 0.2) is 30.3 Å². The van der Waals surface area contributed by atoms with Gasteiger partial charge >= 0.3 is 5.97 Å². The van der Waals surface area contributed by atoms with E-state index in [1.54, 1.807) is 0 Å². The molecule has 94 valence electrons. The van der Waals surface area contributed by atoms with Gasteiger partial charge in [-0.1, -0.05) is 44.2 Å². The molecule has 0 saturated heterocycles. The Morgan fingerprint density at radius 3 is 2.41 bits per heavy atom. The number of carboxylic acids is 1. The van der Waals surface area contributed by atoms with Gasteiger partial charge in [-0.25, -0.2) is 0 Å². The van der Waals surface area contributed by atoms with Crippen molar-refractivity contribution in [3.63, 3.8) is 0 Å². The maximum atomic E-state index is 10.7. The van der Waals surface area contributed by atoms with Crippen LogP contribution in [0.2, 0.25) is 0 Å².